The third kappa shape index (κ3) is 4.04. The lowest BCUT2D eigenvalue weighted by Crippen LogP contribution is -2.36. The number of hydrogen-bond acceptors (Lipinski definition) is 3. The molecule has 0 aromatic heterocycles. The van der Waals surface area contributed by atoms with E-state index >= 15 is 0 Å². The summed E-state index contributed by atoms with van der Waals surface area (Å²) in [4.78, 5) is 13.7. The maximum atomic E-state index is 11.3. The van der Waals surface area contributed by atoms with Crippen LogP contribution in [0.3, 0.4) is 0 Å². The SMILES string of the molecule is COC(=O)C1CCN(CC=C(C)C)CC1. The van der Waals surface area contributed by atoms with E-state index in [0.717, 1.165) is 32.5 Å². The van der Waals surface area contributed by atoms with Crippen molar-refractivity contribution < 1.29 is 9.53 Å². The second-order valence-electron chi connectivity index (χ2n) is 4.38. The molecule has 3 nitrogen and oxygen atoms in total. The fraction of sp³-hybridized carbons (Fsp3) is 0.750. The third-order valence-electron chi connectivity index (χ3n) is 2.88. The third-order valence-corrected chi connectivity index (χ3v) is 2.88. The van der Waals surface area contributed by atoms with Crippen LogP contribution in [0.2, 0.25) is 0 Å². The maximum absolute atomic E-state index is 11.3. The van der Waals surface area contributed by atoms with Crippen LogP contribution in [-0.2, 0) is 9.53 Å². The zero-order chi connectivity index (χ0) is 11.3. The number of allylic oxidation sites excluding steroid dienone is 1. The monoisotopic (exact) mass is 211 g/mol. The van der Waals surface area contributed by atoms with Crippen molar-refractivity contribution in [3.8, 4) is 0 Å². The Morgan fingerprint density at radius 2 is 2.00 bits per heavy atom. The normalized spacial score (nSPS) is 18.6. The summed E-state index contributed by atoms with van der Waals surface area (Å²) in [6.07, 6.45) is 4.10. The Kier molecular flexibility index (Phi) is 4.82. The second kappa shape index (κ2) is 5.91. The van der Waals surface area contributed by atoms with Crippen LogP contribution in [0, 0.1) is 5.92 Å². The van der Waals surface area contributed by atoms with Crippen molar-refractivity contribution in [2.45, 2.75) is 26.7 Å². The smallest absolute Gasteiger partial charge is 0.308 e. The molecule has 0 bridgehead atoms. The fourth-order valence-electron chi connectivity index (χ4n) is 1.83. The van der Waals surface area contributed by atoms with Gasteiger partial charge in [-0.25, -0.2) is 0 Å². The first kappa shape index (κ1) is 12.2. The minimum absolute atomic E-state index is 0.0446. The number of hydrogen-bond donors (Lipinski definition) is 0. The summed E-state index contributed by atoms with van der Waals surface area (Å²) in [5.74, 6) is 0.0785. The lowest BCUT2D eigenvalue weighted by molar-refractivity contribution is -0.147. The van der Waals surface area contributed by atoms with Crippen LogP contribution in [0.1, 0.15) is 26.7 Å². The first-order chi connectivity index (χ1) is 7.13. The molecule has 0 amide bonds. The lowest BCUT2D eigenvalue weighted by Gasteiger charge is -2.29. The highest BCUT2D eigenvalue weighted by molar-refractivity contribution is 5.72. The van der Waals surface area contributed by atoms with Crippen molar-refractivity contribution >= 4 is 5.97 Å². The molecular weight excluding hydrogens is 190 g/mol. The number of piperidine rings is 1. The molecule has 0 aromatic carbocycles. The van der Waals surface area contributed by atoms with Crippen molar-refractivity contribution in [1.82, 2.24) is 4.90 Å². The van der Waals surface area contributed by atoms with Crippen LogP contribution in [0.5, 0.6) is 0 Å². The second-order valence-corrected chi connectivity index (χ2v) is 4.38. The van der Waals surface area contributed by atoms with Crippen LogP contribution in [-0.4, -0.2) is 37.6 Å². The van der Waals surface area contributed by atoms with Gasteiger partial charge in [0.25, 0.3) is 0 Å². The summed E-state index contributed by atoms with van der Waals surface area (Å²) in [6, 6.07) is 0. The van der Waals surface area contributed by atoms with Gasteiger partial charge in [0.15, 0.2) is 0 Å². The van der Waals surface area contributed by atoms with Crippen LogP contribution in [0.15, 0.2) is 11.6 Å². The molecule has 0 radical (unpaired) electrons. The van der Waals surface area contributed by atoms with E-state index < -0.39 is 0 Å². The summed E-state index contributed by atoms with van der Waals surface area (Å²) in [7, 11) is 1.47. The molecular formula is C12H21NO2. The first-order valence-corrected chi connectivity index (χ1v) is 5.57. The van der Waals surface area contributed by atoms with Gasteiger partial charge in [-0.05, 0) is 39.8 Å². The van der Waals surface area contributed by atoms with E-state index in [1.54, 1.807) is 0 Å². The summed E-state index contributed by atoms with van der Waals surface area (Å²) in [5.41, 5.74) is 1.35. The van der Waals surface area contributed by atoms with Crippen LogP contribution in [0.25, 0.3) is 0 Å². The number of nitrogens with zero attached hydrogens (tertiary/aromatic N) is 1. The van der Waals surface area contributed by atoms with Gasteiger partial charge in [-0.2, -0.15) is 0 Å². The zero-order valence-corrected chi connectivity index (χ0v) is 9.95. The molecule has 0 N–H and O–H groups in total. The highest BCUT2D eigenvalue weighted by atomic mass is 16.5. The molecule has 1 fully saturated rings. The Balaban J connectivity index is 2.30. The van der Waals surface area contributed by atoms with Crippen molar-refractivity contribution in [2.24, 2.45) is 5.92 Å². The number of esters is 1. The van der Waals surface area contributed by atoms with Gasteiger partial charge in [0.2, 0.25) is 0 Å². The van der Waals surface area contributed by atoms with Crippen molar-refractivity contribution in [1.29, 1.82) is 0 Å². The molecule has 1 saturated heterocycles. The van der Waals surface area contributed by atoms with Gasteiger partial charge in [-0.1, -0.05) is 11.6 Å². The van der Waals surface area contributed by atoms with Crippen LogP contribution >= 0.6 is 0 Å². The van der Waals surface area contributed by atoms with E-state index in [2.05, 4.69) is 24.8 Å². The van der Waals surface area contributed by atoms with E-state index in [1.807, 2.05) is 0 Å². The fourth-order valence-corrected chi connectivity index (χ4v) is 1.83. The Labute approximate surface area is 92.1 Å². The number of ether oxygens (including phenoxy) is 1. The Hall–Kier alpha value is -0.830. The zero-order valence-electron chi connectivity index (χ0n) is 9.95. The molecule has 0 spiro atoms. The molecule has 0 aliphatic carbocycles. The number of carbonyl (C=O) groups excluding carboxylic acids is 1. The molecule has 1 rings (SSSR count). The molecule has 0 saturated carbocycles. The van der Waals surface area contributed by atoms with E-state index in [1.165, 1.54) is 12.7 Å². The summed E-state index contributed by atoms with van der Waals surface area (Å²) in [5, 5.41) is 0. The number of methoxy groups -OCH3 is 1. The topological polar surface area (TPSA) is 29.5 Å². The molecule has 3 heteroatoms. The Morgan fingerprint density at radius 1 is 1.40 bits per heavy atom. The van der Waals surface area contributed by atoms with Crippen molar-refractivity contribution in [2.75, 3.05) is 26.7 Å². The summed E-state index contributed by atoms with van der Waals surface area (Å²) in [6.45, 7) is 7.24. The molecule has 0 atom stereocenters. The highest BCUT2D eigenvalue weighted by Crippen LogP contribution is 2.18. The maximum Gasteiger partial charge on any atom is 0.308 e. The molecule has 0 aromatic rings. The van der Waals surface area contributed by atoms with E-state index in [4.69, 9.17) is 4.74 Å². The molecule has 15 heavy (non-hydrogen) atoms. The number of rotatable bonds is 3. The Bertz CT molecular complexity index is 236. The van der Waals surface area contributed by atoms with Gasteiger partial charge in [0, 0.05) is 6.54 Å². The van der Waals surface area contributed by atoms with E-state index in [9.17, 15) is 4.79 Å². The molecule has 1 aliphatic heterocycles. The van der Waals surface area contributed by atoms with Crippen LogP contribution in [0.4, 0.5) is 0 Å². The van der Waals surface area contributed by atoms with E-state index in [-0.39, 0.29) is 11.9 Å². The average Bonchev–Trinajstić information content (AvgIpc) is 2.26. The van der Waals surface area contributed by atoms with Gasteiger partial charge < -0.3 is 4.74 Å². The standard InChI is InChI=1S/C12H21NO2/c1-10(2)4-7-13-8-5-11(6-9-13)12(14)15-3/h4,11H,5-9H2,1-3H3. The highest BCUT2D eigenvalue weighted by Gasteiger charge is 2.24. The predicted octanol–water partition coefficient (Wildman–Crippen LogP) is 1.84. The average molecular weight is 211 g/mol. The van der Waals surface area contributed by atoms with Gasteiger partial charge >= 0.3 is 5.97 Å². The lowest BCUT2D eigenvalue weighted by atomic mass is 9.97. The number of carbonyl (C=O) groups is 1. The predicted molar refractivity (Wildman–Crippen MR) is 60.6 cm³/mol. The van der Waals surface area contributed by atoms with Crippen molar-refractivity contribution in [3.05, 3.63) is 11.6 Å². The molecule has 0 unspecified atom stereocenters. The largest absolute Gasteiger partial charge is 0.469 e. The van der Waals surface area contributed by atoms with Gasteiger partial charge in [0.05, 0.1) is 13.0 Å². The van der Waals surface area contributed by atoms with E-state index in [0.29, 0.717) is 0 Å². The summed E-state index contributed by atoms with van der Waals surface area (Å²) < 4.78 is 4.75. The van der Waals surface area contributed by atoms with Crippen LogP contribution < -0.4 is 0 Å². The molecule has 1 aliphatic rings. The quantitative estimate of drug-likeness (QED) is 0.527. The minimum Gasteiger partial charge on any atom is -0.469 e. The van der Waals surface area contributed by atoms with Gasteiger partial charge in [-0.3, -0.25) is 9.69 Å². The number of likely N-dealkylation sites (tertiary alicyclic amines) is 1. The summed E-state index contributed by atoms with van der Waals surface area (Å²) >= 11 is 0. The molecule has 1 heterocycles. The first-order valence-electron chi connectivity index (χ1n) is 5.57. The molecule has 86 valence electrons. The van der Waals surface area contributed by atoms with Gasteiger partial charge in [-0.15, -0.1) is 0 Å². The Morgan fingerprint density at radius 3 is 2.47 bits per heavy atom. The van der Waals surface area contributed by atoms with Gasteiger partial charge in [0.1, 0.15) is 0 Å². The minimum atomic E-state index is -0.0446. The van der Waals surface area contributed by atoms with Crippen molar-refractivity contribution in [3.63, 3.8) is 0 Å².